The van der Waals surface area contributed by atoms with E-state index in [0.717, 1.165) is 16.7 Å². The van der Waals surface area contributed by atoms with Crippen molar-refractivity contribution in [3.8, 4) is 11.5 Å². The van der Waals surface area contributed by atoms with Gasteiger partial charge in [-0.3, -0.25) is 4.79 Å². The average molecular weight is 463 g/mol. The van der Waals surface area contributed by atoms with Gasteiger partial charge in [0.25, 0.3) is 0 Å². The summed E-state index contributed by atoms with van der Waals surface area (Å²) < 4.78 is 17.6. The van der Waals surface area contributed by atoms with Crippen molar-refractivity contribution in [3.05, 3.63) is 22.3 Å². The first-order valence-corrected chi connectivity index (χ1v) is 11.4. The van der Waals surface area contributed by atoms with Gasteiger partial charge in [-0.25, -0.2) is 4.79 Å². The first-order chi connectivity index (χ1) is 15.2. The molecule has 33 heavy (non-hydrogen) atoms. The Labute approximate surface area is 193 Å². The topological polar surface area (TPSA) is 123 Å². The summed E-state index contributed by atoms with van der Waals surface area (Å²) in [6.07, 6.45) is 0.0469. The fraction of sp³-hybridized carbons (Fsp3) is 0.680. The summed E-state index contributed by atoms with van der Waals surface area (Å²) in [7, 11) is 1.51. The summed E-state index contributed by atoms with van der Waals surface area (Å²) >= 11 is 0. The first kappa shape index (κ1) is 23.8. The fourth-order valence-electron chi connectivity index (χ4n) is 7.11. The lowest BCUT2D eigenvalue weighted by Gasteiger charge is -2.61. The third-order valence-electron chi connectivity index (χ3n) is 8.25. The van der Waals surface area contributed by atoms with Crippen LogP contribution in [0.3, 0.4) is 0 Å². The molecule has 1 saturated carbocycles. The van der Waals surface area contributed by atoms with E-state index in [1.807, 2.05) is 20.8 Å². The highest BCUT2D eigenvalue weighted by Gasteiger charge is 2.63. The number of aliphatic hydroxyl groups is 2. The van der Waals surface area contributed by atoms with Gasteiger partial charge in [-0.1, -0.05) is 6.92 Å². The van der Waals surface area contributed by atoms with Crippen LogP contribution in [0, 0.1) is 24.2 Å². The van der Waals surface area contributed by atoms with Crippen molar-refractivity contribution in [1.82, 2.24) is 0 Å². The minimum absolute atomic E-state index is 0.0953. The molecule has 1 aliphatic carbocycles. The lowest BCUT2D eigenvalue weighted by molar-refractivity contribution is -0.213. The van der Waals surface area contributed by atoms with Crippen molar-refractivity contribution in [3.63, 3.8) is 0 Å². The smallest absolute Gasteiger partial charge is 0.342 e. The Morgan fingerprint density at radius 3 is 2.52 bits per heavy atom. The van der Waals surface area contributed by atoms with Gasteiger partial charge >= 0.3 is 11.9 Å². The van der Waals surface area contributed by atoms with Crippen LogP contribution in [-0.2, 0) is 22.6 Å². The van der Waals surface area contributed by atoms with E-state index in [1.165, 1.54) is 7.11 Å². The second-order valence-corrected chi connectivity index (χ2v) is 10.9. The van der Waals surface area contributed by atoms with Crippen LogP contribution >= 0.6 is 0 Å². The van der Waals surface area contributed by atoms with Crippen molar-refractivity contribution in [2.45, 2.75) is 84.2 Å². The highest BCUT2D eigenvalue weighted by Crippen LogP contribution is 2.61. The van der Waals surface area contributed by atoms with E-state index >= 15 is 0 Å². The molecule has 0 amide bonds. The molecule has 8 nitrogen and oxygen atoms in total. The Morgan fingerprint density at radius 1 is 1.27 bits per heavy atom. The van der Waals surface area contributed by atoms with Crippen LogP contribution in [0.5, 0.6) is 11.5 Å². The number of aliphatic hydroxyl groups excluding tert-OH is 1. The first-order valence-electron chi connectivity index (χ1n) is 11.4. The highest BCUT2D eigenvalue weighted by molar-refractivity contribution is 5.98. The zero-order valence-electron chi connectivity index (χ0n) is 20.2. The predicted molar refractivity (Wildman–Crippen MR) is 118 cm³/mol. The average Bonchev–Trinajstić information content (AvgIpc) is 3.07. The molecule has 4 rings (SSSR count). The minimum Gasteiger partial charge on any atom is -0.495 e. The molecule has 0 unspecified atom stereocenters. The number of carbonyl (C=O) groups excluding carboxylic acids is 1. The molecule has 3 N–H and O–H groups in total. The third-order valence-corrected chi connectivity index (χ3v) is 8.25. The largest absolute Gasteiger partial charge is 0.495 e. The molecule has 1 aromatic rings. The molecule has 0 aromatic heterocycles. The molecule has 8 heteroatoms. The predicted octanol–water partition coefficient (Wildman–Crippen LogP) is 3.01. The summed E-state index contributed by atoms with van der Waals surface area (Å²) in [5, 5.41) is 31.8. The molecule has 0 radical (unpaired) electrons. The van der Waals surface area contributed by atoms with Crippen molar-refractivity contribution >= 4 is 11.9 Å². The van der Waals surface area contributed by atoms with Crippen LogP contribution in [-0.4, -0.2) is 51.7 Å². The van der Waals surface area contributed by atoms with E-state index < -0.39 is 40.6 Å². The molecule has 3 aliphatic rings. The Morgan fingerprint density at radius 2 is 1.94 bits per heavy atom. The number of esters is 1. The molecule has 0 bridgehead atoms. The van der Waals surface area contributed by atoms with Crippen LogP contribution in [0.15, 0.2) is 0 Å². The molecular formula is C25H34O8. The van der Waals surface area contributed by atoms with Crippen LogP contribution in [0.2, 0.25) is 0 Å². The van der Waals surface area contributed by atoms with Gasteiger partial charge in [0.2, 0.25) is 0 Å². The maximum atomic E-state index is 12.5. The Balaban J connectivity index is 1.91. The van der Waals surface area contributed by atoms with Gasteiger partial charge in [0.15, 0.2) is 0 Å². The lowest BCUT2D eigenvalue weighted by Crippen LogP contribution is -2.66. The number of cyclic esters (lactones) is 1. The van der Waals surface area contributed by atoms with E-state index in [1.54, 1.807) is 13.8 Å². The van der Waals surface area contributed by atoms with Crippen LogP contribution in [0.25, 0.3) is 0 Å². The molecule has 1 fully saturated rings. The van der Waals surface area contributed by atoms with Gasteiger partial charge in [0.1, 0.15) is 29.3 Å². The van der Waals surface area contributed by atoms with Crippen LogP contribution in [0.1, 0.15) is 74.0 Å². The molecular weight excluding hydrogens is 428 g/mol. The molecule has 2 heterocycles. The summed E-state index contributed by atoms with van der Waals surface area (Å²) in [4.78, 5) is 24.0. The monoisotopic (exact) mass is 462 g/mol. The number of fused-ring (bicyclic) bond motifs is 3. The fourth-order valence-corrected chi connectivity index (χ4v) is 7.11. The normalized spacial score (nSPS) is 32.8. The highest BCUT2D eigenvalue weighted by atomic mass is 16.5. The molecule has 5 atom stereocenters. The van der Waals surface area contributed by atoms with Gasteiger partial charge in [-0.05, 0) is 51.5 Å². The van der Waals surface area contributed by atoms with Gasteiger partial charge in [-0.2, -0.15) is 0 Å². The van der Waals surface area contributed by atoms with E-state index in [9.17, 15) is 24.9 Å². The van der Waals surface area contributed by atoms with Gasteiger partial charge in [-0.15, -0.1) is 0 Å². The van der Waals surface area contributed by atoms with Gasteiger partial charge < -0.3 is 29.5 Å². The minimum atomic E-state index is -1.24. The zero-order chi connectivity index (χ0) is 24.5. The molecule has 0 saturated heterocycles. The zero-order valence-corrected chi connectivity index (χ0v) is 20.2. The van der Waals surface area contributed by atoms with Gasteiger partial charge in [0, 0.05) is 35.8 Å². The second kappa shape index (κ2) is 7.60. The molecule has 2 aliphatic heterocycles. The molecule has 182 valence electrons. The number of methoxy groups -OCH3 is 1. The Kier molecular flexibility index (Phi) is 5.49. The third kappa shape index (κ3) is 3.49. The van der Waals surface area contributed by atoms with E-state index in [4.69, 9.17) is 14.2 Å². The standard InChI is InChI=1S/C25H34O8/c1-12-14-11-32-22(29)18(14)20(31-6)13-9-16-24(4,8-7-17(27)28)21(23(2,3)30)15(26)10-25(16,5)33-19(12)13/h15-16,21,26,30H,7-11H2,1-6H3,(H,27,28)/t15-,16-,21+,24-,25-/m0/s1. The van der Waals surface area contributed by atoms with Gasteiger partial charge in [0.05, 0.1) is 18.8 Å². The number of carboxylic acids is 1. The number of hydrogen-bond donors (Lipinski definition) is 3. The van der Waals surface area contributed by atoms with Crippen LogP contribution < -0.4 is 9.47 Å². The number of ether oxygens (including phenoxy) is 3. The number of hydrogen-bond acceptors (Lipinski definition) is 7. The maximum absolute atomic E-state index is 12.5. The molecule has 0 spiro atoms. The Hall–Kier alpha value is -2.32. The van der Waals surface area contributed by atoms with E-state index in [-0.39, 0.29) is 25.4 Å². The number of carbonyl (C=O) groups is 2. The number of aliphatic carboxylic acids is 1. The number of carboxylic acid groups (broad SMARTS) is 1. The summed E-state index contributed by atoms with van der Waals surface area (Å²) in [5.41, 5.74) is -0.0651. The van der Waals surface area contributed by atoms with Crippen molar-refractivity contribution in [2.75, 3.05) is 7.11 Å². The number of rotatable bonds is 5. The van der Waals surface area contributed by atoms with Crippen molar-refractivity contribution in [1.29, 1.82) is 0 Å². The van der Waals surface area contributed by atoms with Crippen molar-refractivity contribution in [2.24, 2.45) is 17.3 Å². The Bertz CT molecular complexity index is 1010. The van der Waals surface area contributed by atoms with Crippen LogP contribution in [0.4, 0.5) is 0 Å². The quantitative estimate of drug-likeness (QED) is 0.571. The SMILES string of the molecule is COc1c2c(c(C)c3c1C(=O)OC3)O[C@@]1(C)C[C@H](O)[C@H](C(C)(C)O)[C@@](C)(CCC(=O)O)[C@@H]1C2. The summed E-state index contributed by atoms with van der Waals surface area (Å²) in [5.74, 6) is -1.10. The maximum Gasteiger partial charge on any atom is 0.342 e. The van der Waals surface area contributed by atoms with Crippen molar-refractivity contribution < 1.29 is 39.1 Å². The summed E-state index contributed by atoms with van der Waals surface area (Å²) in [6, 6.07) is 0. The van der Waals surface area contributed by atoms with E-state index in [0.29, 0.717) is 29.9 Å². The number of benzene rings is 1. The lowest BCUT2D eigenvalue weighted by atomic mass is 9.48. The molecule has 1 aromatic carbocycles. The van der Waals surface area contributed by atoms with E-state index in [2.05, 4.69) is 0 Å². The summed E-state index contributed by atoms with van der Waals surface area (Å²) in [6.45, 7) is 9.27. The second-order valence-electron chi connectivity index (χ2n) is 10.9.